The van der Waals surface area contributed by atoms with Gasteiger partial charge < -0.3 is 4.74 Å². The molecule has 2 bridgehead atoms. The molecule has 92 valence electrons. The summed E-state index contributed by atoms with van der Waals surface area (Å²) in [4.78, 5) is 11.8. The van der Waals surface area contributed by atoms with Crippen molar-refractivity contribution in [2.75, 3.05) is 7.11 Å². The Hall–Kier alpha value is -0.370. The fourth-order valence-corrected chi connectivity index (χ4v) is 3.50. The molecule has 2 aliphatic carbocycles. The van der Waals surface area contributed by atoms with Gasteiger partial charge in [-0.2, -0.15) is 0 Å². The van der Waals surface area contributed by atoms with Crippen molar-refractivity contribution in [2.45, 2.75) is 58.0 Å². The number of carbonyl (C=O) groups excluding carboxylic acids is 1. The highest BCUT2D eigenvalue weighted by molar-refractivity contribution is 5.78. The largest absolute Gasteiger partial charge is 0.382 e. The lowest BCUT2D eigenvalue weighted by molar-refractivity contribution is -0.120. The monoisotopic (exact) mass is 224 g/mol. The minimum Gasteiger partial charge on any atom is -0.382 e. The van der Waals surface area contributed by atoms with E-state index in [1.807, 2.05) is 6.92 Å². The van der Waals surface area contributed by atoms with E-state index in [1.54, 1.807) is 7.11 Å². The smallest absolute Gasteiger partial charge is 0.133 e. The molecule has 0 aromatic heterocycles. The molecule has 2 aliphatic rings. The molecule has 2 saturated carbocycles. The molecule has 4 unspecified atom stereocenters. The lowest BCUT2D eigenvalue weighted by Gasteiger charge is -2.20. The van der Waals surface area contributed by atoms with Gasteiger partial charge in [0, 0.05) is 20.0 Å². The summed E-state index contributed by atoms with van der Waals surface area (Å²) in [5, 5.41) is 0. The zero-order valence-electron chi connectivity index (χ0n) is 10.6. The van der Waals surface area contributed by atoms with Crippen LogP contribution in [0, 0.1) is 17.8 Å². The molecule has 2 rings (SSSR count). The SMILES string of the molecule is COC(C)CCC(=O)CC1CC2CCC1C2. The van der Waals surface area contributed by atoms with Crippen molar-refractivity contribution in [2.24, 2.45) is 17.8 Å². The van der Waals surface area contributed by atoms with Crippen LogP contribution in [0.2, 0.25) is 0 Å². The normalized spacial score (nSPS) is 34.2. The molecular weight excluding hydrogens is 200 g/mol. The molecule has 0 amide bonds. The zero-order chi connectivity index (χ0) is 11.5. The van der Waals surface area contributed by atoms with E-state index in [2.05, 4.69) is 0 Å². The zero-order valence-corrected chi connectivity index (χ0v) is 10.6. The Morgan fingerprint density at radius 1 is 1.38 bits per heavy atom. The van der Waals surface area contributed by atoms with Gasteiger partial charge in [-0.05, 0) is 50.4 Å². The van der Waals surface area contributed by atoms with Crippen LogP contribution < -0.4 is 0 Å². The first-order valence-corrected chi connectivity index (χ1v) is 6.73. The molecule has 0 aromatic carbocycles. The van der Waals surface area contributed by atoms with Gasteiger partial charge in [0.1, 0.15) is 5.78 Å². The molecule has 0 spiro atoms. The maximum Gasteiger partial charge on any atom is 0.133 e. The van der Waals surface area contributed by atoms with E-state index in [0.717, 1.165) is 30.6 Å². The lowest BCUT2D eigenvalue weighted by Crippen LogP contribution is -2.16. The maximum atomic E-state index is 11.8. The Morgan fingerprint density at radius 2 is 2.19 bits per heavy atom. The first-order chi connectivity index (χ1) is 7.69. The Kier molecular flexibility index (Phi) is 4.01. The molecule has 4 atom stereocenters. The number of hydrogen-bond donors (Lipinski definition) is 0. The van der Waals surface area contributed by atoms with Crippen molar-refractivity contribution in [1.29, 1.82) is 0 Å². The van der Waals surface area contributed by atoms with Crippen molar-refractivity contribution in [3.05, 3.63) is 0 Å². The quantitative estimate of drug-likeness (QED) is 0.692. The molecule has 2 nitrogen and oxygen atoms in total. The molecule has 0 aliphatic heterocycles. The number of fused-ring (bicyclic) bond motifs is 2. The Morgan fingerprint density at radius 3 is 2.75 bits per heavy atom. The third-order valence-electron chi connectivity index (χ3n) is 4.61. The standard InChI is InChI=1S/C14H24O2/c1-10(16-2)3-6-14(15)9-13-8-11-4-5-12(13)7-11/h10-13H,3-9H2,1-2H3. The molecule has 0 aromatic rings. The van der Waals surface area contributed by atoms with Gasteiger partial charge in [0.05, 0.1) is 6.10 Å². The van der Waals surface area contributed by atoms with Gasteiger partial charge in [-0.15, -0.1) is 0 Å². The summed E-state index contributed by atoms with van der Waals surface area (Å²) < 4.78 is 5.17. The van der Waals surface area contributed by atoms with E-state index in [0.29, 0.717) is 12.2 Å². The molecule has 0 N–H and O–H groups in total. The number of carbonyl (C=O) groups is 1. The van der Waals surface area contributed by atoms with Crippen molar-refractivity contribution < 1.29 is 9.53 Å². The highest BCUT2D eigenvalue weighted by Gasteiger charge is 2.39. The molecule has 16 heavy (non-hydrogen) atoms. The topological polar surface area (TPSA) is 26.3 Å². The average Bonchev–Trinajstić information content (AvgIpc) is 2.87. The van der Waals surface area contributed by atoms with Crippen LogP contribution in [0.25, 0.3) is 0 Å². The molecule has 0 radical (unpaired) electrons. The van der Waals surface area contributed by atoms with E-state index < -0.39 is 0 Å². The van der Waals surface area contributed by atoms with Gasteiger partial charge >= 0.3 is 0 Å². The van der Waals surface area contributed by atoms with Crippen LogP contribution in [0.1, 0.15) is 51.9 Å². The van der Waals surface area contributed by atoms with Gasteiger partial charge in [-0.1, -0.05) is 6.42 Å². The van der Waals surface area contributed by atoms with Gasteiger partial charge in [-0.25, -0.2) is 0 Å². The first kappa shape index (κ1) is 12.1. The number of hydrogen-bond acceptors (Lipinski definition) is 2. The number of ketones is 1. The summed E-state index contributed by atoms with van der Waals surface area (Å²) in [6.45, 7) is 2.03. The molecule has 0 heterocycles. The van der Waals surface area contributed by atoms with E-state index >= 15 is 0 Å². The fourth-order valence-electron chi connectivity index (χ4n) is 3.50. The summed E-state index contributed by atoms with van der Waals surface area (Å²) in [5.41, 5.74) is 0. The van der Waals surface area contributed by atoms with Crippen LogP contribution in [0.4, 0.5) is 0 Å². The highest BCUT2D eigenvalue weighted by atomic mass is 16.5. The Labute approximate surface area is 98.7 Å². The Bertz CT molecular complexity index is 249. The summed E-state index contributed by atoms with van der Waals surface area (Å²) in [6, 6.07) is 0. The fraction of sp³-hybridized carbons (Fsp3) is 0.929. The third-order valence-corrected chi connectivity index (χ3v) is 4.61. The first-order valence-electron chi connectivity index (χ1n) is 6.73. The average molecular weight is 224 g/mol. The number of Topliss-reactive ketones (excluding diaryl/α,β-unsaturated/α-hetero) is 1. The van der Waals surface area contributed by atoms with Gasteiger partial charge in [0.25, 0.3) is 0 Å². The second-order valence-electron chi connectivity index (χ2n) is 5.76. The number of ether oxygens (including phenoxy) is 1. The minimum atomic E-state index is 0.226. The molecular formula is C14H24O2. The second kappa shape index (κ2) is 5.31. The van der Waals surface area contributed by atoms with Gasteiger partial charge in [-0.3, -0.25) is 4.79 Å². The van der Waals surface area contributed by atoms with Crippen LogP contribution >= 0.6 is 0 Å². The van der Waals surface area contributed by atoms with Crippen LogP contribution in [0.5, 0.6) is 0 Å². The molecule has 2 fully saturated rings. The minimum absolute atomic E-state index is 0.226. The van der Waals surface area contributed by atoms with Gasteiger partial charge in [0.2, 0.25) is 0 Å². The lowest BCUT2D eigenvalue weighted by atomic mass is 9.84. The van der Waals surface area contributed by atoms with Crippen LogP contribution in [-0.4, -0.2) is 19.0 Å². The Balaban J connectivity index is 1.67. The summed E-state index contributed by atoms with van der Waals surface area (Å²) in [7, 11) is 1.71. The van der Waals surface area contributed by atoms with Crippen molar-refractivity contribution in [3.63, 3.8) is 0 Å². The van der Waals surface area contributed by atoms with E-state index in [-0.39, 0.29) is 6.10 Å². The predicted molar refractivity (Wildman–Crippen MR) is 64.3 cm³/mol. The highest BCUT2D eigenvalue weighted by Crippen LogP contribution is 2.49. The third kappa shape index (κ3) is 2.85. The van der Waals surface area contributed by atoms with Gasteiger partial charge in [0.15, 0.2) is 0 Å². The summed E-state index contributed by atoms with van der Waals surface area (Å²) >= 11 is 0. The summed E-state index contributed by atoms with van der Waals surface area (Å²) in [5.74, 6) is 3.03. The van der Waals surface area contributed by atoms with E-state index in [4.69, 9.17) is 4.74 Å². The van der Waals surface area contributed by atoms with E-state index in [9.17, 15) is 4.79 Å². The summed E-state index contributed by atoms with van der Waals surface area (Å²) in [6.07, 6.45) is 8.22. The van der Waals surface area contributed by atoms with Crippen molar-refractivity contribution >= 4 is 5.78 Å². The number of methoxy groups -OCH3 is 1. The van der Waals surface area contributed by atoms with Crippen LogP contribution in [0.3, 0.4) is 0 Å². The second-order valence-corrected chi connectivity index (χ2v) is 5.76. The molecule has 0 saturated heterocycles. The molecule has 2 heteroatoms. The van der Waals surface area contributed by atoms with Crippen LogP contribution in [0.15, 0.2) is 0 Å². The van der Waals surface area contributed by atoms with Crippen LogP contribution in [-0.2, 0) is 9.53 Å². The van der Waals surface area contributed by atoms with Crippen molar-refractivity contribution in [1.82, 2.24) is 0 Å². The van der Waals surface area contributed by atoms with Crippen molar-refractivity contribution in [3.8, 4) is 0 Å². The number of rotatable bonds is 6. The predicted octanol–water partition coefficient (Wildman–Crippen LogP) is 3.20. The van der Waals surface area contributed by atoms with E-state index in [1.165, 1.54) is 25.7 Å². The maximum absolute atomic E-state index is 11.8.